The summed E-state index contributed by atoms with van der Waals surface area (Å²) < 4.78 is 0. The van der Waals surface area contributed by atoms with Gasteiger partial charge in [0.2, 0.25) is 0 Å². The Hall–Kier alpha value is -1.90. The molecule has 14 heavy (non-hydrogen) atoms. The average Bonchev–Trinajstić information content (AvgIpc) is 2.71. The van der Waals surface area contributed by atoms with Crippen LogP contribution in [0.1, 0.15) is 12.0 Å². The van der Waals surface area contributed by atoms with Gasteiger partial charge in [0.25, 0.3) is 5.69 Å². The maximum atomic E-state index is 10.5. The zero-order valence-electron chi connectivity index (χ0n) is 7.51. The van der Waals surface area contributed by atoms with E-state index in [9.17, 15) is 10.1 Å². The maximum absolute atomic E-state index is 10.5. The summed E-state index contributed by atoms with van der Waals surface area (Å²) in [5, 5.41) is 10.5. The van der Waals surface area contributed by atoms with Crippen LogP contribution in [0.5, 0.6) is 0 Å². The number of nitrogens with zero attached hydrogens (tertiary/aromatic N) is 1. The van der Waals surface area contributed by atoms with E-state index < -0.39 is 0 Å². The van der Waals surface area contributed by atoms with E-state index in [1.54, 1.807) is 12.1 Å². The molecule has 0 heterocycles. The standard InChI is InChI=1S/C11H9NO2/c13-12(14)11-7-3-6-10(8-11)9-4-1-2-5-9/h1-4,6-8H,5H2. The highest BCUT2D eigenvalue weighted by atomic mass is 16.6. The number of nitro groups is 1. The van der Waals surface area contributed by atoms with Crippen molar-refractivity contribution < 1.29 is 4.92 Å². The quantitative estimate of drug-likeness (QED) is 0.527. The first-order chi connectivity index (χ1) is 6.77. The Kier molecular flexibility index (Phi) is 2.14. The first-order valence-corrected chi connectivity index (χ1v) is 4.38. The monoisotopic (exact) mass is 187 g/mol. The van der Waals surface area contributed by atoms with E-state index in [1.165, 1.54) is 6.07 Å². The summed E-state index contributed by atoms with van der Waals surface area (Å²) in [7, 11) is 0. The molecule has 3 heteroatoms. The fourth-order valence-electron chi connectivity index (χ4n) is 1.48. The van der Waals surface area contributed by atoms with E-state index >= 15 is 0 Å². The van der Waals surface area contributed by atoms with Crippen molar-refractivity contribution in [2.75, 3.05) is 0 Å². The van der Waals surface area contributed by atoms with Crippen LogP contribution in [-0.2, 0) is 0 Å². The number of hydrogen-bond acceptors (Lipinski definition) is 2. The van der Waals surface area contributed by atoms with Crippen LogP contribution < -0.4 is 0 Å². The smallest absolute Gasteiger partial charge is 0.258 e. The summed E-state index contributed by atoms with van der Waals surface area (Å²) >= 11 is 0. The van der Waals surface area contributed by atoms with Gasteiger partial charge >= 0.3 is 0 Å². The zero-order valence-corrected chi connectivity index (χ0v) is 7.51. The van der Waals surface area contributed by atoms with Crippen molar-refractivity contribution in [1.82, 2.24) is 0 Å². The number of rotatable bonds is 2. The molecule has 0 fully saturated rings. The van der Waals surface area contributed by atoms with Crippen molar-refractivity contribution >= 4 is 11.3 Å². The largest absolute Gasteiger partial charge is 0.270 e. The predicted molar refractivity (Wildman–Crippen MR) is 54.8 cm³/mol. The highest BCUT2D eigenvalue weighted by Crippen LogP contribution is 2.25. The molecule has 0 atom stereocenters. The summed E-state index contributed by atoms with van der Waals surface area (Å²) in [6, 6.07) is 6.73. The lowest BCUT2D eigenvalue weighted by atomic mass is 10.1. The third-order valence-corrected chi connectivity index (χ3v) is 2.20. The highest BCUT2D eigenvalue weighted by molar-refractivity contribution is 5.72. The molecule has 0 bridgehead atoms. The number of hydrogen-bond donors (Lipinski definition) is 0. The molecule has 1 aromatic carbocycles. The Balaban J connectivity index is 2.35. The molecule has 1 aliphatic carbocycles. The molecule has 0 saturated heterocycles. The molecule has 0 amide bonds. The summed E-state index contributed by atoms with van der Waals surface area (Å²) in [6.45, 7) is 0. The van der Waals surface area contributed by atoms with Crippen molar-refractivity contribution in [1.29, 1.82) is 0 Å². The Morgan fingerprint density at radius 3 is 2.86 bits per heavy atom. The van der Waals surface area contributed by atoms with Crippen molar-refractivity contribution in [2.24, 2.45) is 0 Å². The normalized spacial score (nSPS) is 14.1. The first kappa shape index (κ1) is 8.69. The van der Waals surface area contributed by atoms with Crippen LogP contribution in [0.3, 0.4) is 0 Å². The van der Waals surface area contributed by atoms with Gasteiger partial charge in [0.05, 0.1) is 4.92 Å². The minimum atomic E-state index is -0.369. The molecule has 0 spiro atoms. The average molecular weight is 187 g/mol. The van der Waals surface area contributed by atoms with Gasteiger partial charge in [-0.15, -0.1) is 0 Å². The van der Waals surface area contributed by atoms with Gasteiger partial charge in [-0.1, -0.05) is 30.4 Å². The van der Waals surface area contributed by atoms with Gasteiger partial charge in [-0.3, -0.25) is 10.1 Å². The lowest BCUT2D eigenvalue weighted by Crippen LogP contribution is -1.89. The van der Waals surface area contributed by atoms with Crippen LogP contribution >= 0.6 is 0 Å². The Bertz CT molecular complexity index is 433. The second-order valence-electron chi connectivity index (χ2n) is 3.13. The molecule has 0 unspecified atom stereocenters. The number of non-ortho nitro benzene ring substituents is 1. The van der Waals surface area contributed by atoms with Crippen molar-refractivity contribution in [3.8, 4) is 0 Å². The minimum absolute atomic E-state index is 0.148. The molecule has 70 valence electrons. The van der Waals surface area contributed by atoms with Gasteiger partial charge in [0, 0.05) is 12.1 Å². The third kappa shape index (κ3) is 1.57. The number of nitro benzene ring substituents is 1. The Morgan fingerprint density at radius 1 is 1.36 bits per heavy atom. The van der Waals surface area contributed by atoms with Crippen molar-refractivity contribution in [3.05, 3.63) is 58.2 Å². The molecular formula is C11H9NO2. The summed E-state index contributed by atoms with van der Waals surface area (Å²) in [6.07, 6.45) is 6.85. The Morgan fingerprint density at radius 2 is 2.21 bits per heavy atom. The van der Waals surface area contributed by atoms with E-state index in [1.807, 2.05) is 24.3 Å². The van der Waals surface area contributed by atoms with Gasteiger partial charge in [-0.2, -0.15) is 0 Å². The third-order valence-electron chi connectivity index (χ3n) is 2.20. The highest BCUT2D eigenvalue weighted by Gasteiger charge is 2.08. The topological polar surface area (TPSA) is 43.1 Å². The molecule has 0 aliphatic heterocycles. The molecule has 0 aromatic heterocycles. The van der Waals surface area contributed by atoms with Crippen LogP contribution in [0, 0.1) is 10.1 Å². The van der Waals surface area contributed by atoms with E-state index in [0.717, 1.165) is 17.6 Å². The first-order valence-electron chi connectivity index (χ1n) is 4.38. The van der Waals surface area contributed by atoms with Crippen molar-refractivity contribution in [3.63, 3.8) is 0 Å². The molecular weight excluding hydrogens is 178 g/mol. The van der Waals surface area contributed by atoms with E-state index in [-0.39, 0.29) is 10.6 Å². The SMILES string of the molecule is O=[N+]([O-])c1cccc(C2=CC=CC2)c1. The second-order valence-corrected chi connectivity index (χ2v) is 3.13. The van der Waals surface area contributed by atoms with Crippen LogP contribution in [0.15, 0.2) is 42.5 Å². The molecule has 0 saturated carbocycles. The van der Waals surface area contributed by atoms with Gasteiger partial charge in [-0.05, 0) is 17.6 Å². The zero-order chi connectivity index (χ0) is 9.97. The van der Waals surface area contributed by atoms with Gasteiger partial charge in [0.15, 0.2) is 0 Å². The lowest BCUT2D eigenvalue weighted by molar-refractivity contribution is -0.384. The predicted octanol–water partition coefficient (Wildman–Crippen LogP) is 2.94. The van der Waals surface area contributed by atoms with Crippen LogP contribution in [0.2, 0.25) is 0 Å². The summed E-state index contributed by atoms with van der Waals surface area (Å²) in [5.41, 5.74) is 2.22. The van der Waals surface area contributed by atoms with Crippen molar-refractivity contribution in [2.45, 2.75) is 6.42 Å². The molecule has 1 aliphatic rings. The van der Waals surface area contributed by atoms with E-state index in [4.69, 9.17) is 0 Å². The maximum Gasteiger partial charge on any atom is 0.270 e. The van der Waals surface area contributed by atoms with Gasteiger partial charge in [-0.25, -0.2) is 0 Å². The van der Waals surface area contributed by atoms with Gasteiger partial charge < -0.3 is 0 Å². The fourth-order valence-corrected chi connectivity index (χ4v) is 1.48. The Labute approximate surface area is 81.5 Å². The number of benzene rings is 1. The lowest BCUT2D eigenvalue weighted by Gasteiger charge is -2.00. The summed E-state index contributed by atoms with van der Waals surface area (Å²) in [4.78, 5) is 10.2. The van der Waals surface area contributed by atoms with Crippen LogP contribution in [0.25, 0.3) is 5.57 Å². The van der Waals surface area contributed by atoms with E-state index in [0.29, 0.717) is 0 Å². The minimum Gasteiger partial charge on any atom is -0.258 e. The molecule has 0 N–H and O–H groups in total. The number of allylic oxidation sites excluding steroid dienone is 4. The molecule has 3 nitrogen and oxygen atoms in total. The molecule has 2 rings (SSSR count). The fraction of sp³-hybridized carbons (Fsp3) is 0.0909. The summed E-state index contributed by atoms with van der Waals surface area (Å²) in [5.74, 6) is 0. The van der Waals surface area contributed by atoms with Gasteiger partial charge in [0.1, 0.15) is 0 Å². The second kappa shape index (κ2) is 3.46. The van der Waals surface area contributed by atoms with E-state index in [2.05, 4.69) is 0 Å². The van der Waals surface area contributed by atoms with Crippen LogP contribution in [0.4, 0.5) is 5.69 Å². The molecule has 0 radical (unpaired) electrons. The molecule has 1 aromatic rings. The van der Waals surface area contributed by atoms with Crippen LogP contribution in [-0.4, -0.2) is 4.92 Å².